The lowest BCUT2D eigenvalue weighted by Gasteiger charge is -2.24. The molecule has 1 unspecified atom stereocenters. The fourth-order valence-electron chi connectivity index (χ4n) is 4.21. The van der Waals surface area contributed by atoms with Gasteiger partial charge in [0, 0.05) is 11.1 Å². The highest BCUT2D eigenvalue weighted by molar-refractivity contribution is 6.06. The van der Waals surface area contributed by atoms with Gasteiger partial charge in [0.05, 0.1) is 28.7 Å². The SMILES string of the molecule is CCOc1ccc(NC(=O)COC(=O)c2c3c(nc4ccccc24)CCC(C)C3)c([N+](=O)[O-])c1. The summed E-state index contributed by atoms with van der Waals surface area (Å²) in [5.41, 5.74) is 2.58. The van der Waals surface area contributed by atoms with Gasteiger partial charge in [-0.2, -0.15) is 0 Å². The first-order chi connectivity index (χ1) is 16.4. The van der Waals surface area contributed by atoms with Gasteiger partial charge in [0.2, 0.25) is 0 Å². The van der Waals surface area contributed by atoms with E-state index in [4.69, 9.17) is 14.5 Å². The van der Waals surface area contributed by atoms with Crippen molar-refractivity contribution in [2.45, 2.75) is 33.1 Å². The predicted octanol–water partition coefficient (Wildman–Crippen LogP) is 4.46. The number of aromatic nitrogens is 1. The number of aryl methyl sites for hydroxylation is 1. The van der Waals surface area contributed by atoms with Crippen LogP contribution in [0, 0.1) is 16.0 Å². The van der Waals surface area contributed by atoms with Crippen LogP contribution in [0.4, 0.5) is 11.4 Å². The van der Waals surface area contributed by atoms with E-state index in [-0.39, 0.29) is 11.4 Å². The lowest BCUT2D eigenvalue weighted by Crippen LogP contribution is -2.24. The smallest absolute Gasteiger partial charge is 0.339 e. The molecule has 1 heterocycles. The molecular formula is C25H25N3O6. The van der Waals surface area contributed by atoms with Crippen molar-refractivity contribution in [3.8, 4) is 5.75 Å². The summed E-state index contributed by atoms with van der Waals surface area (Å²) in [7, 11) is 0. The third-order valence-corrected chi connectivity index (χ3v) is 5.79. The summed E-state index contributed by atoms with van der Waals surface area (Å²) in [5, 5.41) is 14.5. The number of nitrogens with one attached hydrogen (secondary N) is 1. The number of nitrogens with zero attached hydrogens (tertiary/aromatic N) is 2. The molecule has 9 nitrogen and oxygen atoms in total. The van der Waals surface area contributed by atoms with Crippen molar-refractivity contribution in [2.24, 2.45) is 5.92 Å². The number of benzene rings is 2. The number of carbonyl (C=O) groups excluding carboxylic acids is 2. The van der Waals surface area contributed by atoms with E-state index in [1.165, 1.54) is 18.2 Å². The molecule has 0 fully saturated rings. The Hall–Kier alpha value is -4.01. The topological polar surface area (TPSA) is 121 Å². The van der Waals surface area contributed by atoms with E-state index >= 15 is 0 Å². The Bertz CT molecular complexity index is 1270. The third-order valence-electron chi connectivity index (χ3n) is 5.79. The van der Waals surface area contributed by atoms with E-state index in [0.29, 0.717) is 41.2 Å². The van der Waals surface area contributed by atoms with Crippen LogP contribution >= 0.6 is 0 Å². The van der Waals surface area contributed by atoms with Gasteiger partial charge in [0.15, 0.2) is 6.61 Å². The summed E-state index contributed by atoms with van der Waals surface area (Å²) < 4.78 is 10.6. The zero-order valence-electron chi connectivity index (χ0n) is 19.0. The van der Waals surface area contributed by atoms with Crippen molar-refractivity contribution in [3.05, 3.63) is 69.4 Å². The molecule has 9 heteroatoms. The quantitative estimate of drug-likeness (QED) is 0.312. The van der Waals surface area contributed by atoms with Crippen LogP contribution < -0.4 is 10.1 Å². The number of ether oxygens (including phenoxy) is 2. The predicted molar refractivity (Wildman–Crippen MR) is 126 cm³/mol. The number of hydrogen-bond acceptors (Lipinski definition) is 7. The zero-order valence-corrected chi connectivity index (χ0v) is 19.0. The Morgan fingerprint density at radius 1 is 1.24 bits per heavy atom. The molecule has 34 heavy (non-hydrogen) atoms. The van der Waals surface area contributed by atoms with E-state index in [0.717, 1.165) is 24.1 Å². The molecule has 0 bridgehead atoms. The van der Waals surface area contributed by atoms with Crippen LogP contribution in [0.5, 0.6) is 5.75 Å². The molecule has 0 saturated carbocycles. The van der Waals surface area contributed by atoms with Crippen LogP contribution in [0.15, 0.2) is 42.5 Å². The summed E-state index contributed by atoms with van der Waals surface area (Å²) in [5.74, 6) is -0.561. The molecule has 176 valence electrons. The molecule has 0 saturated heterocycles. The summed E-state index contributed by atoms with van der Waals surface area (Å²) in [6.07, 6.45) is 2.49. The minimum atomic E-state index is -0.679. The van der Waals surface area contributed by atoms with Crippen molar-refractivity contribution in [1.82, 2.24) is 4.98 Å². The second kappa shape index (κ2) is 9.86. The maximum absolute atomic E-state index is 13.1. The Labute approximate surface area is 196 Å². The van der Waals surface area contributed by atoms with Crippen LogP contribution in [0.1, 0.15) is 41.9 Å². The molecule has 3 aromatic rings. The Balaban J connectivity index is 1.53. The summed E-state index contributed by atoms with van der Waals surface area (Å²) in [6.45, 7) is 3.67. The van der Waals surface area contributed by atoms with Crippen LogP contribution in [0.3, 0.4) is 0 Å². The maximum Gasteiger partial charge on any atom is 0.339 e. The highest BCUT2D eigenvalue weighted by Gasteiger charge is 2.27. The minimum Gasteiger partial charge on any atom is -0.494 e. The number of fused-ring (bicyclic) bond motifs is 2. The number of amides is 1. The zero-order chi connectivity index (χ0) is 24.2. The Morgan fingerprint density at radius 2 is 2.03 bits per heavy atom. The summed E-state index contributed by atoms with van der Waals surface area (Å²) >= 11 is 0. The van der Waals surface area contributed by atoms with Crippen molar-refractivity contribution in [1.29, 1.82) is 0 Å². The van der Waals surface area contributed by atoms with Crippen LogP contribution in [-0.4, -0.2) is 35.0 Å². The molecule has 0 spiro atoms. The first kappa shape index (κ1) is 23.2. The van der Waals surface area contributed by atoms with Crippen molar-refractivity contribution >= 4 is 34.2 Å². The average molecular weight is 463 g/mol. The van der Waals surface area contributed by atoms with Gasteiger partial charge in [-0.1, -0.05) is 25.1 Å². The fourth-order valence-corrected chi connectivity index (χ4v) is 4.21. The second-order valence-corrected chi connectivity index (χ2v) is 8.27. The number of esters is 1. The van der Waals surface area contributed by atoms with Crippen LogP contribution in [0.2, 0.25) is 0 Å². The molecule has 1 N–H and O–H groups in total. The number of anilines is 1. The number of nitro benzene ring substituents is 1. The van der Waals surface area contributed by atoms with Crippen molar-refractivity contribution in [3.63, 3.8) is 0 Å². The average Bonchev–Trinajstić information content (AvgIpc) is 2.82. The number of pyridine rings is 1. The number of carbonyl (C=O) groups is 2. The lowest BCUT2D eigenvalue weighted by atomic mass is 9.84. The van der Waals surface area contributed by atoms with Crippen LogP contribution in [-0.2, 0) is 22.4 Å². The monoisotopic (exact) mass is 463 g/mol. The largest absolute Gasteiger partial charge is 0.494 e. The van der Waals surface area contributed by atoms with E-state index in [2.05, 4.69) is 12.2 Å². The first-order valence-corrected chi connectivity index (χ1v) is 11.2. The molecule has 0 aliphatic heterocycles. The normalized spacial score (nSPS) is 14.8. The van der Waals surface area contributed by atoms with Gasteiger partial charge in [0.1, 0.15) is 11.4 Å². The number of rotatable bonds is 7. The second-order valence-electron chi connectivity index (χ2n) is 8.27. The molecule has 1 aliphatic rings. The maximum atomic E-state index is 13.1. The molecule has 1 amide bonds. The standard InChI is InChI=1S/C25H25N3O6/c1-3-33-16-9-11-21(22(13-16)28(31)32)27-23(29)14-34-25(30)24-17-6-4-5-7-19(17)26-20-10-8-15(2)12-18(20)24/h4-7,9,11,13,15H,3,8,10,12,14H2,1-2H3,(H,27,29). The molecule has 1 aromatic heterocycles. The third kappa shape index (κ3) is 4.83. The lowest BCUT2D eigenvalue weighted by molar-refractivity contribution is -0.384. The van der Waals surface area contributed by atoms with Crippen molar-refractivity contribution in [2.75, 3.05) is 18.5 Å². The van der Waals surface area contributed by atoms with E-state index < -0.39 is 23.4 Å². The van der Waals surface area contributed by atoms with E-state index in [9.17, 15) is 19.7 Å². The minimum absolute atomic E-state index is 0.00457. The van der Waals surface area contributed by atoms with Gasteiger partial charge in [-0.15, -0.1) is 0 Å². The van der Waals surface area contributed by atoms with Gasteiger partial charge in [-0.05, 0) is 55.9 Å². The Morgan fingerprint density at radius 3 is 2.79 bits per heavy atom. The van der Waals surface area contributed by atoms with Gasteiger partial charge in [-0.25, -0.2) is 4.79 Å². The fraction of sp³-hybridized carbons (Fsp3) is 0.320. The molecule has 1 atom stereocenters. The summed E-state index contributed by atoms with van der Waals surface area (Å²) in [4.78, 5) is 41.1. The highest BCUT2D eigenvalue weighted by Crippen LogP contribution is 2.32. The molecule has 1 aliphatic carbocycles. The number of para-hydroxylation sites is 1. The molecular weight excluding hydrogens is 438 g/mol. The molecule has 4 rings (SSSR count). The van der Waals surface area contributed by atoms with E-state index in [1.54, 1.807) is 6.92 Å². The van der Waals surface area contributed by atoms with Crippen LogP contribution in [0.25, 0.3) is 10.9 Å². The van der Waals surface area contributed by atoms with Gasteiger partial charge in [-0.3, -0.25) is 19.9 Å². The first-order valence-electron chi connectivity index (χ1n) is 11.2. The van der Waals surface area contributed by atoms with E-state index in [1.807, 2.05) is 24.3 Å². The van der Waals surface area contributed by atoms with Gasteiger partial charge < -0.3 is 14.8 Å². The molecule has 0 radical (unpaired) electrons. The highest BCUT2D eigenvalue weighted by atomic mass is 16.6. The summed E-state index contributed by atoms with van der Waals surface area (Å²) in [6, 6.07) is 11.5. The van der Waals surface area contributed by atoms with Gasteiger partial charge in [0.25, 0.3) is 11.6 Å². The van der Waals surface area contributed by atoms with Gasteiger partial charge >= 0.3 is 5.97 Å². The van der Waals surface area contributed by atoms with Crippen molar-refractivity contribution < 1.29 is 24.0 Å². The molecule has 2 aromatic carbocycles. The number of nitro groups is 1. The number of hydrogen-bond donors (Lipinski definition) is 1. The Kier molecular flexibility index (Phi) is 6.72.